The number of hydrogen-bond acceptors (Lipinski definition) is 5. The number of unbranched alkanes of at least 4 members (excludes halogenated alkanes) is 1. The van der Waals surface area contributed by atoms with Gasteiger partial charge in [-0.05, 0) is 49.2 Å². The lowest BCUT2D eigenvalue weighted by Crippen LogP contribution is -2.22. The largest absolute Gasteiger partial charge is 0.328 e. The second-order valence-electron chi connectivity index (χ2n) is 7.74. The van der Waals surface area contributed by atoms with E-state index >= 15 is 0 Å². The number of hydrogen-bond donors (Lipinski definition) is 1. The third-order valence-electron chi connectivity index (χ3n) is 5.07. The summed E-state index contributed by atoms with van der Waals surface area (Å²) in [6.45, 7) is 4.82. The molecule has 0 aliphatic carbocycles. The van der Waals surface area contributed by atoms with Crippen molar-refractivity contribution in [3.63, 3.8) is 0 Å². The van der Waals surface area contributed by atoms with Gasteiger partial charge < -0.3 is 9.88 Å². The highest BCUT2D eigenvalue weighted by Gasteiger charge is 2.20. The van der Waals surface area contributed by atoms with E-state index in [2.05, 4.69) is 26.8 Å². The molecule has 2 heterocycles. The quantitative estimate of drug-likeness (QED) is 0.547. The average Bonchev–Trinajstić information content (AvgIpc) is 3.07. The summed E-state index contributed by atoms with van der Waals surface area (Å²) in [6.07, 6.45) is 4.36. The van der Waals surface area contributed by atoms with E-state index < -0.39 is 10.0 Å². The highest BCUT2D eigenvalue weighted by Crippen LogP contribution is 2.23. The Morgan fingerprint density at radius 1 is 1.19 bits per heavy atom. The fraction of sp³-hybridized carbons (Fsp3) is 0.409. The van der Waals surface area contributed by atoms with Gasteiger partial charge in [-0.2, -0.15) is 0 Å². The van der Waals surface area contributed by atoms with Crippen LogP contribution in [0.5, 0.6) is 0 Å². The second kappa shape index (κ2) is 9.57. The smallest absolute Gasteiger partial charge is 0.242 e. The Bertz CT molecular complexity index is 1190. The molecule has 0 spiro atoms. The van der Waals surface area contributed by atoms with Gasteiger partial charge in [0.15, 0.2) is 0 Å². The van der Waals surface area contributed by atoms with Crippen LogP contribution in [0.15, 0.2) is 41.4 Å². The standard InChI is InChI=1S/C22H29N5O3S/c1-5-6-13-27-19-8-7-17(31(29,30)26(3)4)15-18(19)24-21(27)9-10-22(28)25-20-14-16(2)11-12-23-20/h7-8,11-12,14-15H,5-6,9-10,13H2,1-4H3,(H,23,25,28). The maximum absolute atomic E-state index is 12.5. The first-order chi connectivity index (χ1) is 14.7. The molecule has 0 unspecified atom stereocenters. The van der Waals surface area contributed by atoms with Crippen LogP contribution >= 0.6 is 0 Å². The van der Waals surface area contributed by atoms with Crippen LogP contribution < -0.4 is 5.32 Å². The summed E-state index contributed by atoms with van der Waals surface area (Å²) >= 11 is 0. The zero-order valence-electron chi connectivity index (χ0n) is 18.4. The van der Waals surface area contributed by atoms with Crippen molar-refractivity contribution in [2.24, 2.45) is 0 Å². The van der Waals surface area contributed by atoms with Crippen molar-refractivity contribution >= 4 is 32.8 Å². The van der Waals surface area contributed by atoms with Gasteiger partial charge in [-0.3, -0.25) is 4.79 Å². The number of carbonyl (C=O) groups excluding carboxylic acids is 1. The van der Waals surface area contributed by atoms with Crippen LogP contribution in [-0.4, -0.2) is 47.3 Å². The van der Waals surface area contributed by atoms with E-state index in [1.165, 1.54) is 18.4 Å². The molecule has 0 radical (unpaired) electrons. The zero-order valence-corrected chi connectivity index (χ0v) is 19.2. The molecular formula is C22H29N5O3S. The first kappa shape index (κ1) is 22.9. The van der Waals surface area contributed by atoms with Crippen molar-refractivity contribution < 1.29 is 13.2 Å². The Kier molecular flexibility index (Phi) is 7.07. The maximum atomic E-state index is 12.5. The minimum atomic E-state index is -3.54. The van der Waals surface area contributed by atoms with Crippen LogP contribution in [0, 0.1) is 6.92 Å². The number of rotatable bonds is 9. The molecule has 8 nitrogen and oxygen atoms in total. The number of pyridine rings is 1. The lowest BCUT2D eigenvalue weighted by atomic mass is 10.2. The van der Waals surface area contributed by atoms with Gasteiger partial charge in [0, 0.05) is 39.7 Å². The summed E-state index contributed by atoms with van der Waals surface area (Å²) in [6, 6.07) is 8.71. The van der Waals surface area contributed by atoms with E-state index in [0.717, 1.165) is 36.3 Å². The van der Waals surface area contributed by atoms with Gasteiger partial charge in [0.1, 0.15) is 11.6 Å². The van der Waals surface area contributed by atoms with Gasteiger partial charge in [0.05, 0.1) is 15.9 Å². The molecule has 3 rings (SSSR count). The summed E-state index contributed by atoms with van der Waals surface area (Å²) in [5, 5.41) is 2.82. The monoisotopic (exact) mass is 443 g/mol. The Morgan fingerprint density at radius 3 is 2.65 bits per heavy atom. The summed E-state index contributed by atoms with van der Waals surface area (Å²) in [4.78, 5) is 21.5. The first-order valence-electron chi connectivity index (χ1n) is 10.4. The third kappa shape index (κ3) is 5.29. The number of fused-ring (bicyclic) bond motifs is 1. The molecule has 3 aromatic rings. The molecule has 1 N–H and O–H groups in total. The number of aryl methyl sites for hydroxylation is 3. The Hall–Kier alpha value is -2.78. The lowest BCUT2D eigenvalue weighted by molar-refractivity contribution is -0.116. The molecule has 2 aromatic heterocycles. The molecule has 0 atom stereocenters. The highest BCUT2D eigenvalue weighted by molar-refractivity contribution is 7.89. The number of anilines is 1. The molecule has 31 heavy (non-hydrogen) atoms. The number of carbonyl (C=O) groups is 1. The predicted octanol–water partition coefficient (Wildman–Crippen LogP) is 3.36. The predicted molar refractivity (Wildman–Crippen MR) is 121 cm³/mol. The minimum absolute atomic E-state index is 0.136. The molecule has 0 aliphatic heterocycles. The number of imidazole rings is 1. The molecule has 166 valence electrons. The summed E-state index contributed by atoms with van der Waals surface area (Å²) < 4.78 is 28.2. The van der Waals surface area contributed by atoms with Crippen LogP contribution in [0.4, 0.5) is 5.82 Å². The summed E-state index contributed by atoms with van der Waals surface area (Å²) in [7, 11) is -0.527. The molecule has 1 amide bonds. The van der Waals surface area contributed by atoms with Crippen molar-refractivity contribution in [2.45, 2.75) is 51.0 Å². The lowest BCUT2D eigenvalue weighted by Gasteiger charge is -2.11. The number of aromatic nitrogens is 3. The van der Waals surface area contributed by atoms with Gasteiger partial charge >= 0.3 is 0 Å². The van der Waals surface area contributed by atoms with Gasteiger partial charge in [0.25, 0.3) is 0 Å². The second-order valence-corrected chi connectivity index (χ2v) is 9.89. The molecule has 0 saturated heterocycles. The summed E-state index contributed by atoms with van der Waals surface area (Å²) in [5.74, 6) is 1.17. The van der Waals surface area contributed by atoms with Gasteiger partial charge in [-0.25, -0.2) is 22.7 Å². The SMILES string of the molecule is CCCCn1c(CCC(=O)Nc2cc(C)ccn2)nc2cc(S(=O)(=O)N(C)C)ccc21. The summed E-state index contributed by atoms with van der Waals surface area (Å²) in [5.41, 5.74) is 2.52. The van der Waals surface area contributed by atoms with Crippen molar-refractivity contribution in [3.8, 4) is 0 Å². The molecule has 0 saturated carbocycles. The van der Waals surface area contributed by atoms with Gasteiger partial charge in [-0.1, -0.05) is 13.3 Å². The fourth-order valence-corrected chi connectivity index (χ4v) is 4.24. The molecule has 0 fully saturated rings. The van der Waals surface area contributed by atoms with Crippen LogP contribution in [-0.2, 0) is 27.8 Å². The van der Waals surface area contributed by atoms with Crippen LogP contribution in [0.1, 0.15) is 37.6 Å². The van der Waals surface area contributed by atoms with Crippen LogP contribution in [0.25, 0.3) is 11.0 Å². The molecule has 0 bridgehead atoms. The zero-order chi connectivity index (χ0) is 22.6. The number of amides is 1. The fourth-order valence-electron chi connectivity index (χ4n) is 3.32. The number of nitrogens with one attached hydrogen (secondary N) is 1. The molecular weight excluding hydrogens is 414 g/mol. The maximum Gasteiger partial charge on any atom is 0.242 e. The van der Waals surface area contributed by atoms with E-state index in [-0.39, 0.29) is 17.2 Å². The first-order valence-corrected chi connectivity index (χ1v) is 11.8. The van der Waals surface area contributed by atoms with Gasteiger partial charge in [0.2, 0.25) is 15.9 Å². The van der Waals surface area contributed by atoms with Crippen LogP contribution in [0.3, 0.4) is 0 Å². The Balaban J connectivity index is 1.84. The van der Waals surface area contributed by atoms with E-state index in [1.807, 2.05) is 19.1 Å². The van der Waals surface area contributed by atoms with Crippen molar-refractivity contribution in [1.82, 2.24) is 18.8 Å². The minimum Gasteiger partial charge on any atom is -0.328 e. The number of sulfonamides is 1. The van der Waals surface area contributed by atoms with E-state index in [9.17, 15) is 13.2 Å². The Morgan fingerprint density at radius 2 is 1.97 bits per heavy atom. The van der Waals surface area contributed by atoms with E-state index in [4.69, 9.17) is 0 Å². The number of benzene rings is 1. The molecule has 1 aromatic carbocycles. The molecule has 9 heteroatoms. The molecule has 0 aliphatic rings. The highest BCUT2D eigenvalue weighted by atomic mass is 32.2. The number of nitrogens with zero attached hydrogens (tertiary/aromatic N) is 4. The topological polar surface area (TPSA) is 97.2 Å². The van der Waals surface area contributed by atoms with Crippen LogP contribution in [0.2, 0.25) is 0 Å². The third-order valence-corrected chi connectivity index (χ3v) is 6.88. The van der Waals surface area contributed by atoms with E-state index in [1.54, 1.807) is 24.4 Å². The average molecular weight is 444 g/mol. The van der Waals surface area contributed by atoms with E-state index in [0.29, 0.717) is 17.8 Å². The Labute approximate surface area is 183 Å². The van der Waals surface area contributed by atoms with Crippen molar-refractivity contribution in [2.75, 3.05) is 19.4 Å². The van der Waals surface area contributed by atoms with Crippen molar-refractivity contribution in [1.29, 1.82) is 0 Å². The van der Waals surface area contributed by atoms with Crippen molar-refractivity contribution in [3.05, 3.63) is 47.9 Å². The normalized spacial score (nSPS) is 11.9. The van der Waals surface area contributed by atoms with Gasteiger partial charge in [-0.15, -0.1) is 0 Å².